The van der Waals surface area contributed by atoms with E-state index in [0.29, 0.717) is 12.4 Å². The molecule has 0 aliphatic heterocycles. The Bertz CT molecular complexity index is 626. The number of benzene rings is 1. The van der Waals surface area contributed by atoms with Crippen LogP contribution in [0.25, 0.3) is 6.08 Å². The molecule has 0 spiro atoms. The van der Waals surface area contributed by atoms with Crippen LogP contribution in [-0.4, -0.2) is 43.6 Å². The lowest BCUT2D eigenvalue weighted by Crippen LogP contribution is -2.41. The number of esters is 1. The fourth-order valence-electron chi connectivity index (χ4n) is 1.85. The highest BCUT2D eigenvalue weighted by Crippen LogP contribution is 2.19. The molecule has 0 saturated heterocycles. The van der Waals surface area contributed by atoms with Gasteiger partial charge in [-0.3, -0.25) is 9.59 Å². The number of hydrogen-bond acceptors (Lipinski definition) is 5. The molecule has 0 unspecified atom stereocenters. The second-order valence-corrected chi connectivity index (χ2v) is 5.41. The normalized spacial score (nSPS) is 10.6. The third-order valence-corrected chi connectivity index (χ3v) is 2.86. The molecule has 1 aromatic carbocycles. The van der Waals surface area contributed by atoms with Crippen LogP contribution < -0.4 is 15.4 Å². The van der Waals surface area contributed by atoms with Crippen molar-refractivity contribution in [2.45, 2.75) is 26.8 Å². The summed E-state index contributed by atoms with van der Waals surface area (Å²) in [6.45, 7) is 5.40. The van der Waals surface area contributed by atoms with Crippen LogP contribution in [-0.2, 0) is 19.1 Å². The van der Waals surface area contributed by atoms with Gasteiger partial charge in [0.25, 0.3) is 5.91 Å². The van der Waals surface area contributed by atoms with Gasteiger partial charge in [0.15, 0.2) is 6.61 Å². The molecule has 7 heteroatoms. The fraction of sp³-hybridized carbons (Fsp3) is 0.389. The predicted molar refractivity (Wildman–Crippen MR) is 93.9 cm³/mol. The van der Waals surface area contributed by atoms with Gasteiger partial charge in [-0.2, -0.15) is 0 Å². The first-order chi connectivity index (χ1) is 11.9. The molecule has 0 atom stereocenters. The number of para-hydroxylation sites is 1. The topological polar surface area (TPSA) is 93.7 Å². The predicted octanol–water partition coefficient (Wildman–Crippen LogP) is 1.28. The maximum atomic E-state index is 11.7. The van der Waals surface area contributed by atoms with Crippen molar-refractivity contribution in [3.8, 4) is 5.75 Å². The first-order valence-electron chi connectivity index (χ1n) is 8.05. The molecular weight excluding hydrogens is 324 g/mol. The fourth-order valence-corrected chi connectivity index (χ4v) is 1.85. The molecule has 1 rings (SSSR count). The monoisotopic (exact) mass is 348 g/mol. The first kappa shape index (κ1) is 20.2. The SMILES string of the molecule is CCOc1ccccc1/C=C/C(=O)OCC(=O)NCC(=O)NC(C)C. The highest BCUT2D eigenvalue weighted by molar-refractivity contribution is 5.90. The number of carbonyl (C=O) groups excluding carboxylic acids is 3. The van der Waals surface area contributed by atoms with Crippen molar-refractivity contribution in [3.05, 3.63) is 35.9 Å². The molecule has 1 aromatic rings. The zero-order valence-corrected chi connectivity index (χ0v) is 14.7. The van der Waals surface area contributed by atoms with Crippen LogP contribution in [0.2, 0.25) is 0 Å². The van der Waals surface area contributed by atoms with Crippen LogP contribution in [0, 0.1) is 0 Å². The van der Waals surface area contributed by atoms with Gasteiger partial charge in [0.05, 0.1) is 13.2 Å². The third kappa shape index (κ3) is 8.55. The lowest BCUT2D eigenvalue weighted by Gasteiger charge is -2.09. The average Bonchev–Trinajstić information content (AvgIpc) is 2.57. The Morgan fingerprint density at radius 1 is 1.16 bits per heavy atom. The van der Waals surface area contributed by atoms with Crippen LogP contribution in [0.5, 0.6) is 5.75 Å². The summed E-state index contributed by atoms with van der Waals surface area (Å²) in [4.78, 5) is 34.6. The molecule has 0 aliphatic carbocycles. The zero-order chi connectivity index (χ0) is 18.7. The molecule has 0 heterocycles. The van der Waals surface area contributed by atoms with E-state index in [4.69, 9.17) is 9.47 Å². The Labute approximate surface area is 147 Å². The standard InChI is InChI=1S/C18H24N2O5/c1-4-24-15-8-6-5-7-14(15)9-10-18(23)25-12-17(22)19-11-16(21)20-13(2)3/h5-10,13H,4,11-12H2,1-3H3,(H,19,22)(H,20,21)/b10-9+. The van der Waals surface area contributed by atoms with Crippen LogP contribution in [0.15, 0.2) is 30.3 Å². The van der Waals surface area contributed by atoms with Gasteiger partial charge in [-0.1, -0.05) is 18.2 Å². The Morgan fingerprint density at radius 3 is 2.56 bits per heavy atom. The van der Waals surface area contributed by atoms with E-state index >= 15 is 0 Å². The Morgan fingerprint density at radius 2 is 1.88 bits per heavy atom. The minimum atomic E-state index is -0.659. The summed E-state index contributed by atoms with van der Waals surface area (Å²) in [5, 5.41) is 5.00. The van der Waals surface area contributed by atoms with Crippen LogP contribution in [0.1, 0.15) is 26.3 Å². The van der Waals surface area contributed by atoms with Gasteiger partial charge in [0.2, 0.25) is 5.91 Å². The van der Waals surface area contributed by atoms with E-state index in [2.05, 4.69) is 10.6 Å². The van der Waals surface area contributed by atoms with Crippen molar-refractivity contribution < 1.29 is 23.9 Å². The number of carbonyl (C=O) groups is 3. The molecule has 0 aromatic heterocycles. The number of amides is 2. The number of hydrogen-bond donors (Lipinski definition) is 2. The largest absolute Gasteiger partial charge is 0.493 e. The van der Waals surface area contributed by atoms with Gasteiger partial charge in [-0.05, 0) is 32.9 Å². The molecule has 136 valence electrons. The minimum Gasteiger partial charge on any atom is -0.493 e. The van der Waals surface area contributed by atoms with Crippen molar-refractivity contribution in [2.24, 2.45) is 0 Å². The van der Waals surface area contributed by atoms with Gasteiger partial charge in [-0.15, -0.1) is 0 Å². The number of ether oxygens (including phenoxy) is 2. The highest BCUT2D eigenvalue weighted by Gasteiger charge is 2.08. The molecular formula is C18H24N2O5. The lowest BCUT2D eigenvalue weighted by molar-refractivity contribution is -0.143. The smallest absolute Gasteiger partial charge is 0.331 e. The maximum Gasteiger partial charge on any atom is 0.331 e. The maximum absolute atomic E-state index is 11.7. The Hall–Kier alpha value is -2.83. The van der Waals surface area contributed by atoms with E-state index in [0.717, 1.165) is 5.56 Å². The molecule has 0 bridgehead atoms. The van der Waals surface area contributed by atoms with E-state index in [9.17, 15) is 14.4 Å². The average molecular weight is 348 g/mol. The van der Waals surface area contributed by atoms with Crippen LogP contribution in [0.3, 0.4) is 0 Å². The zero-order valence-electron chi connectivity index (χ0n) is 14.7. The summed E-state index contributed by atoms with van der Waals surface area (Å²) in [5.41, 5.74) is 0.733. The molecule has 0 radical (unpaired) electrons. The molecule has 7 nitrogen and oxygen atoms in total. The van der Waals surface area contributed by atoms with Crippen molar-refractivity contribution in [2.75, 3.05) is 19.8 Å². The van der Waals surface area contributed by atoms with Crippen molar-refractivity contribution in [1.29, 1.82) is 0 Å². The molecule has 0 saturated carbocycles. The Balaban J connectivity index is 2.39. The van der Waals surface area contributed by atoms with Gasteiger partial charge in [0, 0.05) is 17.7 Å². The second kappa shape index (κ2) is 10.9. The van der Waals surface area contributed by atoms with Crippen LogP contribution >= 0.6 is 0 Å². The summed E-state index contributed by atoms with van der Waals surface area (Å²) in [5.74, 6) is -0.853. The van der Waals surface area contributed by atoms with Crippen molar-refractivity contribution in [3.63, 3.8) is 0 Å². The quantitative estimate of drug-likeness (QED) is 0.518. The second-order valence-electron chi connectivity index (χ2n) is 5.41. The molecule has 0 fully saturated rings. The number of nitrogens with one attached hydrogen (secondary N) is 2. The first-order valence-corrected chi connectivity index (χ1v) is 8.05. The third-order valence-electron chi connectivity index (χ3n) is 2.86. The van der Waals surface area contributed by atoms with E-state index in [1.807, 2.05) is 32.9 Å². The number of rotatable bonds is 9. The van der Waals surface area contributed by atoms with E-state index in [1.165, 1.54) is 6.08 Å². The molecule has 2 N–H and O–H groups in total. The van der Waals surface area contributed by atoms with Gasteiger partial charge in [-0.25, -0.2) is 4.79 Å². The van der Waals surface area contributed by atoms with E-state index in [-0.39, 0.29) is 18.5 Å². The summed E-state index contributed by atoms with van der Waals surface area (Å²) in [7, 11) is 0. The van der Waals surface area contributed by atoms with Gasteiger partial charge in [0.1, 0.15) is 5.75 Å². The van der Waals surface area contributed by atoms with Gasteiger partial charge >= 0.3 is 5.97 Å². The summed E-state index contributed by atoms with van der Waals surface area (Å²) in [6.07, 6.45) is 2.78. The lowest BCUT2D eigenvalue weighted by atomic mass is 10.2. The van der Waals surface area contributed by atoms with Gasteiger partial charge < -0.3 is 20.1 Å². The summed E-state index contributed by atoms with van der Waals surface area (Å²) >= 11 is 0. The Kier molecular flexibility index (Phi) is 8.78. The minimum absolute atomic E-state index is 0.00747. The molecule has 0 aliphatic rings. The summed E-state index contributed by atoms with van der Waals surface area (Å²) < 4.78 is 10.3. The van der Waals surface area contributed by atoms with E-state index < -0.39 is 18.5 Å². The van der Waals surface area contributed by atoms with Crippen LogP contribution in [0.4, 0.5) is 0 Å². The summed E-state index contributed by atoms with van der Waals surface area (Å²) in [6, 6.07) is 7.25. The van der Waals surface area contributed by atoms with E-state index in [1.54, 1.807) is 18.2 Å². The molecule has 2 amide bonds. The molecule has 25 heavy (non-hydrogen) atoms. The van der Waals surface area contributed by atoms with Crippen molar-refractivity contribution in [1.82, 2.24) is 10.6 Å². The highest BCUT2D eigenvalue weighted by atomic mass is 16.5. The van der Waals surface area contributed by atoms with Crippen molar-refractivity contribution >= 4 is 23.9 Å².